The molecular formula is C24H23ClN2O4S2. The Morgan fingerprint density at radius 2 is 1.76 bits per heavy atom. The number of benzene rings is 3. The van der Waals surface area contributed by atoms with Crippen LogP contribution >= 0.6 is 22.9 Å². The van der Waals surface area contributed by atoms with Gasteiger partial charge in [-0.15, -0.1) is 0 Å². The van der Waals surface area contributed by atoms with Crippen LogP contribution in [0.3, 0.4) is 0 Å². The SMILES string of the molecule is CC[C@H](NS(=O)(=O)c1ccc2c(c1)sc(=O)n2Cc1ccc(Cl)cc1)c1ccc(OC)cc1. The molecule has 1 heterocycles. The molecule has 9 heteroatoms. The molecule has 0 saturated carbocycles. The number of rotatable bonds is 8. The minimum absolute atomic E-state index is 0.127. The largest absolute Gasteiger partial charge is 0.497 e. The summed E-state index contributed by atoms with van der Waals surface area (Å²) in [7, 11) is -2.21. The van der Waals surface area contributed by atoms with Crippen LogP contribution in [0.5, 0.6) is 5.75 Å². The van der Waals surface area contributed by atoms with E-state index in [9.17, 15) is 13.2 Å². The minimum Gasteiger partial charge on any atom is -0.497 e. The molecule has 0 radical (unpaired) electrons. The van der Waals surface area contributed by atoms with Crippen molar-refractivity contribution in [1.82, 2.24) is 9.29 Å². The predicted octanol–water partition coefficient (Wildman–Crippen LogP) is 5.20. The molecule has 1 atom stereocenters. The van der Waals surface area contributed by atoms with Gasteiger partial charge >= 0.3 is 4.87 Å². The molecule has 4 rings (SSSR count). The molecule has 172 valence electrons. The molecule has 0 amide bonds. The first-order chi connectivity index (χ1) is 15.8. The van der Waals surface area contributed by atoms with Gasteiger partial charge in [0.25, 0.3) is 0 Å². The molecule has 0 saturated heterocycles. The van der Waals surface area contributed by atoms with Gasteiger partial charge in [0.15, 0.2) is 0 Å². The summed E-state index contributed by atoms with van der Waals surface area (Å²) in [6.07, 6.45) is 0.582. The van der Waals surface area contributed by atoms with Crippen molar-refractivity contribution >= 4 is 43.2 Å². The first-order valence-corrected chi connectivity index (χ1v) is 13.0. The first kappa shape index (κ1) is 23.5. The standard InChI is InChI=1S/C24H23ClN2O4S2/c1-3-21(17-6-10-19(31-2)11-7-17)26-33(29,30)20-12-13-22-23(14-20)32-24(28)27(22)15-16-4-8-18(25)9-5-16/h4-14,21,26H,3,15H2,1-2H3/t21-/m0/s1. The van der Waals surface area contributed by atoms with Gasteiger partial charge in [-0.3, -0.25) is 9.36 Å². The summed E-state index contributed by atoms with van der Waals surface area (Å²) in [5.41, 5.74) is 2.48. The number of thiazole rings is 1. The van der Waals surface area contributed by atoms with Crippen LogP contribution in [-0.2, 0) is 16.6 Å². The van der Waals surface area contributed by atoms with Crippen LogP contribution in [-0.4, -0.2) is 20.1 Å². The van der Waals surface area contributed by atoms with Crippen molar-refractivity contribution < 1.29 is 13.2 Å². The van der Waals surface area contributed by atoms with E-state index in [2.05, 4.69) is 4.72 Å². The molecule has 0 bridgehead atoms. The minimum atomic E-state index is -3.79. The average molecular weight is 503 g/mol. The van der Waals surface area contributed by atoms with Crippen LogP contribution in [0.1, 0.15) is 30.5 Å². The zero-order chi connectivity index (χ0) is 23.6. The van der Waals surface area contributed by atoms with Crippen molar-refractivity contribution in [3.63, 3.8) is 0 Å². The van der Waals surface area contributed by atoms with Gasteiger partial charge in [-0.25, -0.2) is 13.1 Å². The van der Waals surface area contributed by atoms with E-state index in [1.54, 1.807) is 48.1 Å². The topological polar surface area (TPSA) is 77.4 Å². The molecular weight excluding hydrogens is 480 g/mol. The number of ether oxygens (including phenoxy) is 1. The maximum Gasteiger partial charge on any atom is 0.308 e. The monoisotopic (exact) mass is 502 g/mol. The highest BCUT2D eigenvalue weighted by Crippen LogP contribution is 2.26. The summed E-state index contributed by atoms with van der Waals surface area (Å²) >= 11 is 6.98. The van der Waals surface area contributed by atoms with E-state index in [1.807, 2.05) is 31.2 Å². The van der Waals surface area contributed by atoms with Crippen molar-refractivity contribution in [2.75, 3.05) is 7.11 Å². The Labute approximate surface area is 201 Å². The molecule has 1 aromatic heterocycles. The summed E-state index contributed by atoms with van der Waals surface area (Å²) in [4.78, 5) is 12.6. The van der Waals surface area contributed by atoms with Crippen LogP contribution < -0.4 is 14.3 Å². The van der Waals surface area contributed by atoms with Gasteiger partial charge in [-0.1, -0.05) is 54.1 Å². The highest BCUT2D eigenvalue weighted by Gasteiger charge is 2.22. The van der Waals surface area contributed by atoms with Gasteiger partial charge in [0.2, 0.25) is 10.0 Å². The fourth-order valence-electron chi connectivity index (χ4n) is 3.61. The fraction of sp³-hybridized carbons (Fsp3) is 0.208. The molecule has 0 aliphatic carbocycles. The lowest BCUT2D eigenvalue weighted by Gasteiger charge is -2.18. The second kappa shape index (κ2) is 9.69. The Balaban J connectivity index is 1.61. The van der Waals surface area contributed by atoms with Crippen LogP contribution in [0.2, 0.25) is 5.02 Å². The number of halogens is 1. The lowest BCUT2D eigenvalue weighted by molar-refractivity contribution is 0.414. The lowest BCUT2D eigenvalue weighted by atomic mass is 10.1. The molecule has 0 fully saturated rings. The zero-order valence-electron chi connectivity index (χ0n) is 18.1. The maximum atomic E-state index is 13.1. The molecule has 6 nitrogen and oxygen atoms in total. The summed E-state index contributed by atoms with van der Waals surface area (Å²) in [6.45, 7) is 2.30. The number of methoxy groups -OCH3 is 1. The van der Waals surface area contributed by atoms with Gasteiger partial charge in [0, 0.05) is 11.1 Å². The summed E-state index contributed by atoms with van der Waals surface area (Å²) < 4.78 is 36.5. The molecule has 0 spiro atoms. The summed E-state index contributed by atoms with van der Waals surface area (Å²) in [5, 5.41) is 0.628. The maximum absolute atomic E-state index is 13.1. The molecule has 3 aromatic carbocycles. The molecule has 0 unspecified atom stereocenters. The van der Waals surface area contributed by atoms with Crippen LogP contribution in [0.25, 0.3) is 10.2 Å². The van der Waals surface area contributed by atoms with Gasteiger partial charge in [-0.2, -0.15) is 0 Å². The quantitative estimate of drug-likeness (QED) is 0.359. The Morgan fingerprint density at radius 1 is 1.06 bits per heavy atom. The van der Waals surface area contributed by atoms with Gasteiger partial charge in [-0.05, 0) is 60.0 Å². The Bertz CT molecular complexity index is 1430. The van der Waals surface area contributed by atoms with E-state index < -0.39 is 10.0 Å². The third-order valence-corrected chi connectivity index (χ3v) is 8.09. The van der Waals surface area contributed by atoms with Crippen molar-refractivity contribution in [3.8, 4) is 5.75 Å². The van der Waals surface area contributed by atoms with E-state index in [1.165, 1.54) is 6.07 Å². The second-order valence-electron chi connectivity index (χ2n) is 7.57. The highest BCUT2D eigenvalue weighted by atomic mass is 35.5. The van der Waals surface area contributed by atoms with Crippen LogP contribution in [0.15, 0.2) is 76.4 Å². The summed E-state index contributed by atoms with van der Waals surface area (Å²) in [6, 6.07) is 19.0. The molecule has 4 aromatic rings. The van der Waals surface area contributed by atoms with Gasteiger partial charge in [0.1, 0.15) is 5.75 Å². The predicted molar refractivity (Wildman–Crippen MR) is 133 cm³/mol. The Morgan fingerprint density at radius 3 is 2.39 bits per heavy atom. The highest BCUT2D eigenvalue weighted by molar-refractivity contribution is 7.89. The average Bonchev–Trinajstić information content (AvgIpc) is 3.13. The molecule has 33 heavy (non-hydrogen) atoms. The molecule has 1 N–H and O–H groups in total. The number of nitrogens with one attached hydrogen (secondary N) is 1. The van der Waals surface area contributed by atoms with Crippen molar-refractivity contribution in [2.45, 2.75) is 30.8 Å². The molecule has 0 aliphatic rings. The van der Waals surface area contributed by atoms with E-state index in [0.29, 0.717) is 34.0 Å². The number of hydrogen-bond donors (Lipinski definition) is 1. The Hall–Kier alpha value is -2.65. The van der Waals surface area contributed by atoms with Gasteiger partial charge in [0.05, 0.1) is 28.8 Å². The zero-order valence-corrected chi connectivity index (χ0v) is 20.5. The van der Waals surface area contributed by atoms with Crippen LogP contribution in [0, 0.1) is 0 Å². The van der Waals surface area contributed by atoms with E-state index in [-0.39, 0.29) is 15.8 Å². The van der Waals surface area contributed by atoms with E-state index in [0.717, 1.165) is 22.5 Å². The number of fused-ring (bicyclic) bond motifs is 1. The third-order valence-electron chi connectivity index (χ3n) is 5.43. The summed E-state index contributed by atoms with van der Waals surface area (Å²) in [5.74, 6) is 0.708. The van der Waals surface area contributed by atoms with E-state index in [4.69, 9.17) is 16.3 Å². The Kier molecular flexibility index (Phi) is 6.90. The normalized spacial score (nSPS) is 12.7. The van der Waals surface area contributed by atoms with Crippen LogP contribution in [0.4, 0.5) is 0 Å². The number of sulfonamides is 1. The third kappa shape index (κ3) is 5.14. The number of hydrogen-bond acceptors (Lipinski definition) is 5. The van der Waals surface area contributed by atoms with E-state index >= 15 is 0 Å². The first-order valence-electron chi connectivity index (χ1n) is 10.3. The van der Waals surface area contributed by atoms with Gasteiger partial charge < -0.3 is 4.74 Å². The van der Waals surface area contributed by atoms with Crippen molar-refractivity contribution in [1.29, 1.82) is 0 Å². The van der Waals surface area contributed by atoms with Crippen molar-refractivity contribution in [3.05, 3.63) is 92.5 Å². The smallest absolute Gasteiger partial charge is 0.308 e. The second-order valence-corrected chi connectivity index (χ2v) is 10.7. The fourth-order valence-corrected chi connectivity index (χ4v) is 6.08. The molecule has 0 aliphatic heterocycles. The number of nitrogens with zero attached hydrogens (tertiary/aromatic N) is 1. The van der Waals surface area contributed by atoms with Crippen molar-refractivity contribution in [2.24, 2.45) is 0 Å². The lowest BCUT2D eigenvalue weighted by Crippen LogP contribution is -2.28. The number of aromatic nitrogens is 1.